The van der Waals surface area contributed by atoms with Crippen LogP contribution in [-0.2, 0) is 0 Å². The van der Waals surface area contributed by atoms with Gasteiger partial charge in [0.05, 0.1) is 6.10 Å². The normalized spacial score (nSPS) is 15.4. The minimum atomic E-state index is -0.297. The van der Waals surface area contributed by atoms with Gasteiger partial charge in [0.2, 0.25) is 0 Å². The van der Waals surface area contributed by atoms with E-state index in [0.29, 0.717) is 0 Å². The van der Waals surface area contributed by atoms with Crippen molar-refractivity contribution in [2.45, 2.75) is 53.1 Å². The first-order valence-corrected chi connectivity index (χ1v) is 4.85. The Morgan fingerprint density at radius 2 is 2.00 bits per heavy atom. The van der Waals surface area contributed by atoms with Crippen LogP contribution in [0.4, 0.5) is 0 Å². The van der Waals surface area contributed by atoms with Crippen LogP contribution in [0.3, 0.4) is 0 Å². The van der Waals surface area contributed by atoms with Crippen molar-refractivity contribution in [2.24, 2.45) is 5.41 Å². The number of rotatable bonds is 5. The molecule has 0 spiro atoms. The number of aliphatic hydroxyl groups excluding tert-OH is 1. The Balaban J connectivity index is 3.98. The summed E-state index contributed by atoms with van der Waals surface area (Å²) in [7, 11) is 0. The van der Waals surface area contributed by atoms with Crippen LogP contribution < -0.4 is 0 Å². The van der Waals surface area contributed by atoms with Crippen molar-refractivity contribution >= 4 is 0 Å². The summed E-state index contributed by atoms with van der Waals surface area (Å²) in [6, 6.07) is 0. The predicted molar refractivity (Wildman–Crippen MR) is 54.1 cm³/mol. The van der Waals surface area contributed by atoms with Gasteiger partial charge in [-0.1, -0.05) is 45.8 Å². The fourth-order valence-corrected chi connectivity index (χ4v) is 1.22. The molecule has 0 aliphatic heterocycles. The molecule has 0 aromatic heterocycles. The van der Waals surface area contributed by atoms with Gasteiger partial charge in [0.25, 0.3) is 0 Å². The first-order chi connectivity index (χ1) is 5.54. The third-order valence-corrected chi connectivity index (χ3v) is 2.35. The molecule has 1 N–H and O–H groups in total. The molecule has 0 rings (SSSR count). The molecule has 0 aliphatic carbocycles. The third-order valence-electron chi connectivity index (χ3n) is 2.35. The molecule has 1 nitrogen and oxygen atoms in total. The van der Waals surface area contributed by atoms with E-state index in [1.807, 2.05) is 19.1 Å². The highest BCUT2D eigenvalue weighted by molar-refractivity contribution is 4.94. The van der Waals surface area contributed by atoms with Crippen LogP contribution in [0.15, 0.2) is 12.2 Å². The Kier molecular flexibility index (Phi) is 5.23. The van der Waals surface area contributed by atoms with Crippen LogP contribution in [0, 0.1) is 5.41 Å². The highest BCUT2D eigenvalue weighted by atomic mass is 16.3. The van der Waals surface area contributed by atoms with Gasteiger partial charge in [-0.05, 0) is 18.8 Å². The highest BCUT2D eigenvalue weighted by Crippen LogP contribution is 2.28. The largest absolute Gasteiger partial charge is 0.388 e. The second-order valence-electron chi connectivity index (χ2n) is 4.06. The van der Waals surface area contributed by atoms with E-state index < -0.39 is 0 Å². The molecular formula is C11H22O. The predicted octanol–water partition coefficient (Wildman–Crippen LogP) is 3.14. The minimum absolute atomic E-state index is 0.0303. The van der Waals surface area contributed by atoms with Crippen LogP contribution in [0.5, 0.6) is 0 Å². The highest BCUT2D eigenvalue weighted by Gasteiger charge is 2.24. The zero-order chi connectivity index (χ0) is 9.61. The smallest absolute Gasteiger partial charge is 0.0771 e. The molecular weight excluding hydrogens is 148 g/mol. The van der Waals surface area contributed by atoms with Crippen LogP contribution in [0.25, 0.3) is 0 Å². The molecule has 0 fully saturated rings. The van der Waals surface area contributed by atoms with Crippen LogP contribution in [-0.4, -0.2) is 11.2 Å². The van der Waals surface area contributed by atoms with Crippen LogP contribution in [0.2, 0.25) is 0 Å². The number of allylic oxidation sites excluding steroid dienone is 1. The third kappa shape index (κ3) is 3.91. The fourth-order valence-electron chi connectivity index (χ4n) is 1.22. The van der Waals surface area contributed by atoms with Crippen molar-refractivity contribution in [3.8, 4) is 0 Å². The summed E-state index contributed by atoms with van der Waals surface area (Å²) < 4.78 is 0. The summed E-state index contributed by atoms with van der Waals surface area (Å²) in [5, 5.41) is 9.72. The Bertz CT molecular complexity index is 136. The van der Waals surface area contributed by atoms with Crippen LogP contribution in [0.1, 0.15) is 47.0 Å². The Hall–Kier alpha value is -0.300. The molecule has 1 heteroatoms. The fraction of sp³-hybridized carbons (Fsp3) is 0.818. The second-order valence-corrected chi connectivity index (χ2v) is 4.06. The first-order valence-electron chi connectivity index (χ1n) is 4.85. The van der Waals surface area contributed by atoms with Gasteiger partial charge in [0.15, 0.2) is 0 Å². The van der Waals surface area contributed by atoms with Crippen molar-refractivity contribution in [1.29, 1.82) is 0 Å². The lowest BCUT2D eigenvalue weighted by Gasteiger charge is -2.28. The van der Waals surface area contributed by atoms with Crippen molar-refractivity contribution in [3.05, 3.63) is 12.2 Å². The lowest BCUT2D eigenvalue weighted by molar-refractivity contribution is 0.0815. The van der Waals surface area contributed by atoms with E-state index in [4.69, 9.17) is 0 Å². The van der Waals surface area contributed by atoms with Crippen molar-refractivity contribution in [1.82, 2.24) is 0 Å². The topological polar surface area (TPSA) is 20.2 Å². The molecule has 0 aliphatic rings. The van der Waals surface area contributed by atoms with E-state index >= 15 is 0 Å². The van der Waals surface area contributed by atoms with E-state index in [1.54, 1.807) is 0 Å². The summed E-state index contributed by atoms with van der Waals surface area (Å²) in [6.07, 6.45) is 6.98. The number of hydrogen-bond donors (Lipinski definition) is 1. The molecule has 1 atom stereocenters. The Labute approximate surface area is 76.5 Å². The minimum Gasteiger partial charge on any atom is -0.388 e. The molecule has 0 amide bonds. The Morgan fingerprint density at radius 1 is 1.42 bits per heavy atom. The van der Waals surface area contributed by atoms with E-state index in [-0.39, 0.29) is 11.5 Å². The van der Waals surface area contributed by atoms with Gasteiger partial charge in [-0.15, -0.1) is 0 Å². The molecule has 12 heavy (non-hydrogen) atoms. The van der Waals surface area contributed by atoms with Crippen molar-refractivity contribution in [3.63, 3.8) is 0 Å². The van der Waals surface area contributed by atoms with E-state index in [1.165, 1.54) is 12.8 Å². The Morgan fingerprint density at radius 3 is 2.42 bits per heavy atom. The standard InChI is InChI=1S/C11H22O/c1-5-7-9-11(3,4)10(12)8-6-2/h6,8,10,12H,5,7,9H2,1-4H3/b8-6+/t10-/m1/s1. The summed E-state index contributed by atoms with van der Waals surface area (Å²) in [6.45, 7) is 8.36. The van der Waals surface area contributed by atoms with Gasteiger partial charge in [-0.25, -0.2) is 0 Å². The summed E-state index contributed by atoms with van der Waals surface area (Å²) in [5.41, 5.74) is 0.0303. The van der Waals surface area contributed by atoms with Gasteiger partial charge in [0.1, 0.15) is 0 Å². The van der Waals surface area contributed by atoms with E-state index in [0.717, 1.165) is 6.42 Å². The van der Waals surface area contributed by atoms with Crippen molar-refractivity contribution in [2.75, 3.05) is 0 Å². The van der Waals surface area contributed by atoms with Gasteiger partial charge < -0.3 is 5.11 Å². The zero-order valence-corrected chi connectivity index (χ0v) is 8.80. The average molecular weight is 170 g/mol. The lowest BCUT2D eigenvalue weighted by Crippen LogP contribution is -2.27. The van der Waals surface area contributed by atoms with Gasteiger partial charge >= 0.3 is 0 Å². The molecule has 0 saturated carbocycles. The van der Waals surface area contributed by atoms with Crippen LogP contribution >= 0.6 is 0 Å². The van der Waals surface area contributed by atoms with E-state index in [9.17, 15) is 5.11 Å². The van der Waals surface area contributed by atoms with Crippen molar-refractivity contribution < 1.29 is 5.11 Å². The molecule has 0 aromatic rings. The second kappa shape index (κ2) is 5.36. The molecule has 0 aromatic carbocycles. The van der Waals surface area contributed by atoms with Gasteiger partial charge in [-0.3, -0.25) is 0 Å². The van der Waals surface area contributed by atoms with Gasteiger partial charge in [0, 0.05) is 0 Å². The lowest BCUT2D eigenvalue weighted by atomic mass is 9.81. The maximum atomic E-state index is 9.72. The maximum absolute atomic E-state index is 9.72. The molecule has 0 unspecified atom stereocenters. The first kappa shape index (κ1) is 11.7. The SMILES string of the molecule is C/C=C/[C@@H](O)C(C)(C)CCCC. The number of unbranched alkanes of at least 4 members (excludes halogenated alkanes) is 1. The maximum Gasteiger partial charge on any atom is 0.0771 e. The number of aliphatic hydroxyl groups is 1. The molecule has 72 valence electrons. The average Bonchev–Trinajstić information content (AvgIpc) is 2.01. The quantitative estimate of drug-likeness (QED) is 0.628. The molecule has 0 saturated heterocycles. The zero-order valence-electron chi connectivity index (χ0n) is 8.80. The van der Waals surface area contributed by atoms with Gasteiger partial charge in [-0.2, -0.15) is 0 Å². The summed E-state index contributed by atoms with van der Waals surface area (Å²) >= 11 is 0. The number of hydrogen-bond acceptors (Lipinski definition) is 1. The summed E-state index contributed by atoms with van der Waals surface area (Å²) in [5.74, 6) is 0. The molecule has 0 radical (unpaired) electrons. The molecule has 0 bridgehead atoms. The van der Waals surface area contributed by atoms with E-state index in [2.05, 4.69) is 20.8 Å². The summed E-state index contributed by atoms with van der Waals surface area (Å²) in [4.78, 5) is 0. The molecule has 0 heterocycles. The monoisotopic (exact) mass is 170 g/mol.